The van der Waals surface area contributed by atoms with Crippen molar-refractivity contribution in [1.29, 1.82) is 0 Å². The van der Waals surface area contributed by atoms with Crippen molar-refractivity contribution >= 4 is 15.9 Å². The summed E-state index contributed by atoms with van der Waals surface area (Å²) in [4.78, 5) is 0. The summed E-state index contributed by atoms with van der Waals surface area (Å²) >= 11 is 3.29. The third-order valence-corrected chi connectivity index (χ3v) is 2.65. The molecule has 0 radical (unpaired) electrons. The Hall–Kier alpha value is -0.540. The number of hydrogen-bond acceptors (Lipinski definition) is 2. The van der Waals surface area contributed by atoms with Crippen molar-refractivity contribution in [1.82, 2.24) is 0 Å². The minimum atomic E-state index is -0.548. The van der Waals surface area contributed by atoms with Crippen LogP contribution in [0.1, 0.15) is 24.2 Å². The molecule has 0 saturated heterocycles. The minimum absolute atomic E-state index is 0.209. The largest absolute Gasteiger partial charge is 0.508 e. The molecule has 0 heterocycles. The molecule has 3 heteroatoms. The maximum Gasteiger partial charge on any atom is 0.119 e. The number of rotatable bonds is 1. The third-order valence-electron chi connectivity index (χ3n) is 1.82. The van der Waals surface area contributed by atoms with E-state index in [0.717, 1.165) is 10.0 Å². The van der Waals surface area contributed by atoms with Gasteiger partial charge in [0.1, 0.15) is 5.75 Å². The molecule has 0 fully saturated rings. The molecule has 12 heavy (non-hydrogen) atoms. The van der Waals surface area contributed by atoms with E-state index in [-0.39, 0.29) is 5.75 Å². The fourth-order valence-corrected chi connectivity index (χ4v) is 1.39. The molecular weight excluding hydrogens is 220 g/mol. The van der Waals surface area contributed by atoms with Crippen LogP contribution >= 0.6 is 15.9 Å². The summed E-state index contributed by atoms with van der Waals surface area (Å²) in [5.74, 6) is 0.209. The number of aliphatic hydroxyl groups is 1. The molecule has 1 atom stereocenters. The van der Waals surface area contributed by atoms with Gasteiger partial charge in [0.25, 0.3) is 0 Å². The van der Waals surface area contributed by atoms with Gasteiger partial charge in [-0.2, -0.15) is 0 Å². The molecule has 0 spiro atoms. The van der Waals surface area contributed by atoms with E-state index in [1.54, 1.807) is 19.1 Å². The molecule has 0 aliphatic heterocycles. The number of aromatic hydroxyl groups is 1. The zero-order valence-electron chi connectivity index (χ0n) is 7.00. The van der Waals surface area contributed by atoms with Crippen molar-refractivity contribution in [3.05, 3.63) is 27.7 Å². The number of halogens is 1. The first-order valence-electron chi connectivity index (χ1n) is 3.69. The second-order valence-electron chi connectivity index (χ2n) is 2.82. The molecule has 0 amide bonds. The SMILES string of the molecule is Cc1c(O)cc(C(C)O)cc1Br. The highest BCUT2D eigenvalue weighted by Gasteiger charge is 2.07. The van der Waals surface area contributed by atoms with Crippen LogP contribution in [0.25, 0.3) is 0 Å². The lowest BCUT2D eigenvalue weighted by Gasteiger charge is -2.08. The van der Waals surface area contributed by atoms with Crippen LogP contribution in [0.3, 0.4) is 0 Å². The highest BCUT2D eigenvalue weighted by atomic mass is 79.9. The Kier molecular flexibility index (Phi) is 2.75. The summed E-state index contributed by atoms with van der Waals surface area (Å²) < 4.78 is 0.818. The molecule has 2 N–H and O–H groups in total. The van der Waals surface area contributed by atoms with Crippen LogP contribution in [0.4, 0.5) is 0 Å². The molecule has 1 unspecified atom stereocenters. The van der Waals surface area contributed by atoms with Crippen molar-refractivity contribution in [2.24, 2.45) is 0 Å². The highest BCUT2D eigenvalue weighted by Crippen LogP contribution is 2.29. The Morgan fingerprint density at radius 3 is 2.42 bits per heavy atom. The number of benzene rings is 1. The average molecular weight is 231 g/mol. The second kappa shape index (κ2) is 3.46. The van der Waals surface area contributed by atoms with Crippen LogP contribution in [-0.2, 0) is 0 Å². The molecular formula is C9H11BrO2. The van der Waals surface area contributed by atoms with E-state index in [1.807, 2.05) is 6.92 Å². The standard InChI is InChI=1S/C9H11BrO2/c1-5-8(10)3-7(6(2)11)4-9(5)12/h3-4,6,11-12H,1-2H3. The van der Waals surface area contributed by atoms with Gasteiger partial charge < -0.3 is 10.2 Å². The van der Waals surface area contributed by atoms with Gasteiger partial charge in [-0.05, 0) is 31.5 Å². The fraction of sp³-hybridized carbons (Fsp3) is 0.333. The zero-order chi connectivity index (χ0) is 9.30. The van der Waals surface area contributed by atoms with Gasteiger partial charge in [0.15, 0.2) is 0 Å². The van der Waals surface area contributed by atoms with Crippen molar-refractivity contribution in [3.8, 4) is 5.75 Å². The topological polar surface area (TPSA) is 40.5 Å². The summed E-state index contributed by atoms with van der Waals surface area (Å²) in [6.45, 7) is 3.47. The Labute approximate surface area is 80.0 Å². The van der Waals surface area contributed by atoms with Gasteiger partial charge in [-0.15, -0.1) is 0 Å². The van der Waals surface area contributed by atoms with Crippen molar-refractivity contribution in [3.63, 3.8) is 0 Å². The van der Waals surface area contributed by atoms with Crippen LogP contribution < -0.4 is 0 Å². The molecule has 1 rings (SSSR count). The molecule has 66 valence electrons. The Morgan fingerprint density at radius 1 is 1.42 bits per heavy atom. The average Bonchev–Trinajstić information content (AvgIpc) is 1.99. The predicted molar refractivity (Wildman–Crippen MR) is 51.2 cm³/mol. The van der Waals surface area contributed by atoms with E-state index in [2.05, 4.69) is 15.9 Å². The van der Waals surface area contributed by atoms with Crippen molar-refractivity contribution in [2.75, 3.05) is 0 Å². The lowest BCUT2D eigenvalue weighted by Crippen LogP contribution is -1.91. The summed E-state index contributed by atoms with van der Waals surface area (Å²) in [7, 11) is 0. The van der Waals surface area contributed by atoms with Gasteiger partial charge in [0, 0.05) is 10.0 Å². The lowest BCUT2D eigenvalue weighted by molar-refractivity contribution is 0.199. The van der Waals surface area contributed by atoms with Gasteiger partial charge in [-0.25, -0.2) is 0 Å². The zero-order valence-corrected chi connectivity index (χ0v) is 8.59. The van der Waals surface area contributed by atoms with E-state index >= 15 is 0 Å². The number of aliphatic hydroxyl groups excluding tert-OH is 1. The quantitative estimate of drug-likeness (QED) is 0.779. The van der Waals surface area contributed by atoms with Gasteiger partial charge in [-0.3, -0.25) is 0 Å². The first-order valence-corrected chi connectivity index (χ1v) is 4.48. The molecule has 1 aromatic rings. The molecule has 0 aromatic heterocycles. The monoisotopic (exact) mass is 230 g/mol. The molecule has 0 bridgehead atoms. The van der Waals surface area contributed by atoms with Crippen LogP contribution in [0, 0.1) is 6.92 Å². The van der Waals surface area contributed by atoms with E-state index in [0.29, 0.717) is 5.56 Å². The molecule has 1 aromatic carbocycles. The Morgan fingerprint density at radius 2 is 2.00 bits per heavy atom. The van der Waals surface area contributed by atoms with Crippen LogP contribution in [0.5, 0.6) is 5.75 Å². The second-order valence-corrected chi connectivity index (χ2v) is 3.68. The number of phenols is 1. The number of hydrogen-bond donors (Lipinski definition) is 2. The first-order chi connectivity index (χ1) is 5.52. The van der Waals surface area contributed by atoms with Crippen molar-refractivity contribution in [2.45, 2.75) is 20.0 Å². The van der Waals surface area contributed by atoms with Gasteiger partial charge >= 0.3 is 0 Å². The lowest BCUT2D eigenvalue weighted by atomic mass is 10.1. The number of phenolic OH excluding ortho intramolecular Hbond substituents is 1. The maximum absolute atomic E-state index is 9.39. The predicted octanol–water partition coefficient (Wildman–Crippen LogP) is 2.52. The minimum Gasteiger partial charge on any atom is -0.508 e. The maximum atomic E-state index is 9.39. The fourth-order valence-electron chi connectivity index (χ4n) is 0.926. The van der Waals surface area contributed by atoms with Crippen LogP contribution in [0.2, 0.25) is 0 Å². The first kappa shape index (κ1) is 9.55. The van der Waals surface area contributed by atoms with E-state index in [4.69, 9.17) is 0 Å². The van der Waals surface area contributed by atoms with Gasteiger partial charge in [0.2, 0.25) is 0 Å². The molecule has 2 nitrogen and oxygen atoms in total. The van der Waals surface area contributed by atoms with E-state index in [1.165, 1.54) is 0 Å². The third kappa shape index (κ3) is 1.79. The summed E-state index contributed by atoms with van der Waals surface area (Å²) in [5, 5.41) is 18.6. The van der Waals surface area contributed by atoms with E-state index < -0.39 is 6.10 Å². The summed E-state index contributed by atoms with van der Waals surface area (Å²) in [6, 6.07) is 3.38. The van der Waals surface area contributed by atoms with Gasteiger partial charge in [-0.1, -0.05) is 15.9 Å². The summed E-state index contributed by atoms with van der Waals surface area (Å²) in [6.07, 6.45) is -0.548. The summed E-state index contributed by atoms with van der Waals surface area (Å²) in [5.41, 5.74) is 1.50. The Balaban J connectivity index is 3.21. The molecule has 0 aliphatic rings. The van der Waals surface area contributed by atoms with E-state index in [9.17, 15) is 10.2 Å². The van der Waals surface area contributed by atoms with Crippen LogP contribution in [0.15, 0.2) is 16.6 Å². The van der Waals surface area contributed by atoms with Crippen molar-refractivity contribution < 1.29 is 10.2 Å². The van der Waals surface area contributed by atoms with Gasteiger partial charge in [0.05, 0.1) is 6.10 Å². The Bertz CT molecular complexity index is 272. The highest BCUT2D eigenvalue weighted by molar-refractivity contribution is 9.10. The molecule has 0 saturated carbocycles. The smallest absolute Gasteiger partial charge is 0.119 e. The van der Waals surface area contributed by atoms with Crippen LogP contribution in [-0.4, -0.2) is 10.2 Å². The molecule has 0 aliphatic carbocycles. The normalized spacial score (nSPS) is 13.0.